The molecule has 1 saturated heterocycles. The van der Waals surface area contributed by atoms with Crippen molar-refractivity contribution in [3.63, 3.8) is 0 Å². The summed E-state index contributed by atoms with van der Waals surface area (Å²) in [6.07, 6.45) is 3.47. The lowest BCUT2D eigenvalue weighted by atomic mass is 10.0. The van der Waals surface area contributed by atoms with Crippen LogP contribution in [0.25, 0.3) is 11.3 Å². The van der Waals surface area contributed by atoms with E-state index in [-0.39, 0.29) is 12.1 Å². The van der Waals surface area contributed by atoms with Gasteiger partial charge >= 0.3 is 0 Å². The summed E-state index contributed by atoms with van der Waals surface area (Å²) >= 11 is 9.16. The van der Waals surface area contributed by atoms with E-state index in [2.05, 4.69) is 31.1 Å². The smallest absolute Gasteiger partial charge is 0.170 e. The Morgan fingerprint density at radius 3 is 2.63 bits per heavy atom. The zero-order valence-corrected chi connectivity index (χ0v) is 18.3. The van der Waals surface area contributed by atoms with Gasteiger partial charge in [0.15, 0.2) is 5.11 Å². The number of nitrogens with zero attached hydrogens (tertiary/aromatic N) is 2. The Kier molecular flexibility index (Phi) is 5.14. The van der Waals surface area contributed by atoms with Crippen LogP contribution in [0.4, 0.5) is 0 Å². The van der Waals surface area contributed by atoms with E-state index in [1.54, 1.807) is 12.5 Å². The number of hydrogen-bond acceptors (Lipinski definition) is 4. The maximum Gasteiger partial charge on any atom is 0.170 e. The van der Waals surface area contributed by atoms with Crippen LogP contribution in [0.3, 0.4) is 0 Å². The number of rotatable bonds is 5. The minimum atomic E-state index is -0.151. The summed E-state index contributed by atoms with van der Waals surface area (Å²) in [6.45, 7) is 0.543. The molecule has 1 aliphatic heterocycles. The van der Waals surface area contributed by atoms with Gasteiger partial charge in [-0.05, 0) is 60.7 Å². The van der Waals surface area contributed by atoms with Gasteiger partial charge in [0.1, 0.15) is 23.3 Å². The topological polar surface area (TPSA) is 54.4 Å². The normalized spacial score (nSPS) is 18.6. The first-order chi connectivity index (χ1) is 14.7. The Hall–Kier alpha value is -2.90. The third kappa shape index (κ3) is 3.66. The molecule has 4 aromatic rings. The summed E-state index contributed by atoms with van der Waals surface area (Å²) in [5, 5.41) is 4.07. The van der Waals surface area contributed by atoms with Crippen LogP contribution in [0, 0.1) is 0 Å². The number of aromatic nitrogens is 1. The zero-order chi connectivity index (χ0) is 20.5. The van der Waals surface area contributed by atoms with Crippen molar-refractivity contribution >= 4 is 33.3 Å². The molecular weight excluding hydrogens is 462 g/mol. The molecule has 0 aliphatic carbocycles. The fourth-order valence-corrected chi connectivity index (χ4v) is 4.31. The largest absolute Gasteiger partial charge is 0.467 e. The predicted molar refractivity (Wildman–Crippen MR) is 122 cm³/mol. The number of furan rings is 2. The molecule has 150 valence electrons. The van der Waals surface area contributed by atoms with Gasteiger partial charge in [0.05, 0.1) is 24.5 Å². The van der Waals surface area contributed by atoms with Gasteiger partial charge in [-0.2, -0.15) is 0 Å². The molecule has 0 radical (unpaired) electrons. The molecule has 5 rings (SSSR count). The molecule has 0 saturated carbocycles. The van der Waals surface area contributed by atoms with Gasteiger partial charge in [0.2, 0.25) is 0 Å². The molecule has 5 nitrogen and oxygen atoms in total. The summed E-state index contributed by atoms with van der Waals surface area (Å²) < 4.78 is 12.9. The minimum Gasteiger partial charge on any atom is -0.467 e. The summed E-state index contributed by atoms with van der Waals surface area (Å²) in [7, 11) is 0. The second kappa shape index (κ2) is 8.08. The molecule has 1 aliphatic rings. The SMILES string of the molecule is S=C1N[C@@H](c2ccccn2)[C@H](c2ccc(-c3ccc(Br)cc3)o2)N1Cc1ccco1. The highest BCUT2D eigenvalue weighted by molar-refractivity contribution is 9.10. The second-order valence-electron chi connectivity index (χ2n) is 7.04. The number of benzene rings is 1. The van der Waals surface area contributed by atoms with E-state index < -0.39 is 0 Å². The van der Waals surface area contributed by atoms with Crippen LogP contribution in [0.1, 0.15) is 29.3 Å². The van der Waals surface area contributed by atoms with E-state index >= 15 is 0 Å². The molecule has 0 amide bonds. The van der Waals surface area contributed by atoms with Crippen molar-refractivity contribution in [1.82, 2.24) is 15.2 Å². The quantitative estimate of drug-likeness (QED) is 0.361. The van der Waals surface area contributed by atoms with E-state index in [0.29, 0.717) is 11.7 Å². The van der Waals surface area contributed by atoms with Crippen LogP contribution in [-0.2, 0) is 6.54 Å². The van der Waals surface area contributed by atoms with Crippen LogP contribution in [0.2, 0.25) is 0 Å². The van der Waals surface area contributed by atoms with Crippen LogP contribution >= 0.6 is 28.1 Å². The fourth-order valence-electron chi connectivity index (χ4n) is 3.74. The van der Waals surface area contributed by atoms with Gasteiger partial charge in [-0.15, -0.1) is 0 Å². The third-order valence-corrected chi connectivity index (χ3v) is 6.03. The molecule has 2 atom stereocenters. The molecule has 30 heavy (non-hydrogen) atoms. The standard InChI is InChI=1S/C23H18BrN3O2S/c24-16-8-6-15(7-9-16)19-10-11-20(29-19)22-21(18-5-1-2-12-25-18)26-23(30)27(22)14-17-4-3-13-28-17/h1-13,21-22H,14H2,(H,26,30)/t21-,22-/m0/s1. The Bertz CT molecular complexity index is 1140. The number of nitrogens with one attached hydrogen (secondary N) is 1. The van der Waals surface area contributed by atoms with Gasteiger partial charge in [-0.3, -0.25) is 4.98 Å². The fraction of sp³-hybridized carbons (Fsp3) is 0.130. The van der Waals surface area contributed by atoms with E-state index in [4.69, 9.17) is 21.1 Å². The van der Waals surface area contributed by atoms with Crippen molar-refractivity contribution in [2.45, 2.75) is 18.6 Å². The maximum absolute atomic E-state index is 6.33. The van der Waals surface area contributed by atoms with Gasteiger partial charge in [0, 0.05) is 16.2 Å². The molecule has 3 aromatic heterocycles. The highest BCUT2D eigenvalue weighted by Crippen LogP contribution is 2.41. The summed E-state index contributed by atoms with van der Waals surface area (Å²) in [5.41, 5.74) is 1.93. The predicted octanol–water partition coefficient (Wildman–Crippen LogP) is 5.87. The number of halogens is 1. The lowest BCUT2D eigenvalue weighted by molar-refractivity contribution is 0.253. The summed E-state index contributed by atoms with van der Waals surface area (Å²) in [4.78, 5) is 6.65. The third-order valence-electron chi connectivity index (χ3n) is 5.15. The first-order valence-corrected chi connectivity index (χ1v) is 10.8. The Morgan fingerprint density at radius 1 is 1.03 bits per heavy atom. The van der Waals surface area contributed by atoms with E-state index in [1.165, 1.54) is 0 Å². The number of thiocarbonyl (C=S) groups is 1. The summed E-state index contributed by atoms with van der Waals surface area (Å²) in [5.74, 6) is 2.47. The van der Waals surface area contributed by atoms with Gasteiger partial charge < -0.3 is 19.1 Å². The molecular formula is C23H18BrN3O2S. The molecule has 1 fully saturated rings. The first kappa shape index (κ1) is 19.1. The average Bonchev–Trinajstić information content (AvgIpc) is 3.51. The Morgan fingerprint density at radius 2 is 1.90 bits per heavy atom. The molecule has 0 bridgehead atoms. The molecule has 0 unspecified atom stereocenters. The highest BCUT2D eigenvalue weighted by atomic mass is 79.9. The van der Waals surface area contributed by atoms with Crippen LogP contribution in [0.15, 0.2) is 92.5 Å². The average molecular weight is 480 g/mol. The van der Waals surface area contributed by atoms with Crippen LogP contribution < -0.4 is 5.32 Å². The minimum absolute atomic E-state index is 0.127. The van der Waals surface area contributed by atoms with Gasteiger partial charge in [-0.25, -0.2) is 0 Å². The molecule has 0 spiro atoms. The van der Waals surface area contributed by atoms with E-state index in [0.717, 1.165) is 33.0 Å². The number of hydrogen-bond donors (Lipinski definition) is 1. The highest BCUT2D eigenvalue weighted by Gasteiger charge is 2.42. The van der Waals surface area contributed by atoms with Crippen molar-refractivity contribution in [2.24, 2.45) is 0 Å². The van der Waals surface area contributed by atoms with Crippen molar-refractivity contribution < 1.29 is 8.83 Å². The molecule has 7 heteroatoms. The zero-order valence-electron chi connectivity index (χ0n) is 15.9. The van der Waals surface area contributed by atoms with Gasteiger partial charge in [0.25, 0.3) is 0 Å². The maximum atomic E-state index is 6.33. The van der Waals surface area contributed by atoms with Gasteiger partial charge in [-0.1, -0.05) is 34.1 Å². The lowest BCUT2D eigenvalue weighted by Crippen LogP contribution is -2.28. The summed E-state index contributed by atoms with van der Waals surface area (Å²) in [6, 6.07) is 21.5. The first-order valence-electron chi connectivity index (χ1n) is 9.55. The van der Waals surface area contributed by atoms with E-state index in [1.807, 2.05) is 66.7 Å². The number of pyridine rings is 1. The second-order valence-corrected chi connectivity index (χ2v) is 8.35. The monoisotopic (exact) mass is 479 g/mol. The molecule has 1 aromatic carbocycles. The van der Waals surface area contributed by atoms with E-state index in [9.17, 15) is 0 Å². The Labute approximate surface area is 187 Å². The van der Waals surface area contributed by atoms with Crippen LogP contribution in [0.5, 0.6) is 0 Å². The van der Waals surface area contributed by atoms with Crippen LogP contribution in [-0.4, -0.2) is 15.0 Å². The van der Waals surface area contributed by atoms with Crippen molar-refractivity contribution in [1.29, 1.82) is 0 Å². The molecule has 4 heterocycles. The van der Waals surface area contributed by atoms with Crippen molar-refractivity contribution in [3.8, 4) is 11.3 Å². The van der Waals surface area contributed by atoms with Crippen molar-refractivity contribution in [3.05, 3.63) is 101 Å². The van der Waals surface area contributed by atoms with Crippen molar-refractivity contribution in [2.75, 3.05) is 0 Å². The lowest BCUT2D eigenvalue weighted by Gasteiger charge is -2.25. The molecule has 1 N–H and O–H groups in total. The Balaban J connectivity index is 1.53.